The molecule has 1 fully saturated rings. The minimum Gasteiger partial charge on any atom is -0.344 e. The Hall–Kier alpha value is -0.120. The van der Waals surface area contributed by atoms with Crippen LogP contribution < -0.4 is 11.5 Å². The lowest BCUT2D eigenvalue weighted by Crippen LogP contribution is -2.68. The maximum atomic E-state index is 3.54. The number of hydrogen-bond donors (Lipinski definition) is 2. The minimum absolute atomic E-state index is 0. The van der Waals surface area contributed by atoms with E-state index in [2.05, 4.69) is 45.0 Å². The van der Waals surface area contributed by atoms with Gasteiger partial charge in [0, 0.05) is 24.2 Å². The topological polar surface area (TPSA) is 50.3 Å². The second-order valence-corrected chi connectivity index (χ2v) is 4.53. The number of nitrogens with one attached hydrogen (secondary N) is 1. The van der Waals surface area contributed by atoms with Gasteiger partial charge in [-0.05, 0) is 34.7 Å². The molecule has 0 aromatic carbocycles. The van der Waals surface area contributed by atoms with E-state index in [0.717, 1.165) is 13.1 Å². The Morgan fingerprint density at radius 1 is 1.17 bits per heavy atom. The Morgan fingerprint density at radius 2 is 1.67 bits per heavy atom. The van der Waals surface area contributed by atoms with Crippen LogP contribution in [0.4, 0.5) is 0 Å². The monoisotopic (exact) mass is 173 g/mol. The predicted octanol–water partition coefficient (Wildman–Crippen LogP) is 1.24. The first-order valence-corrected chi connectivity index (χ1v) is 4.34. The molecule has 0 atom stereocenters. The summed E-state index contributed by atoms with van der Waals surface area (Å²) in [7, 11) is 2.20. The fourth-order valence-corrected chi connectivity index (χ4v) is 1.51. The average Bonchev–Trinajstić information content (AvgIpc) is 1.84. The van der Waals surface area contributed by atoms with Gasteiger partial charge in [-0.3, -0.25) is 4.90 Å². The van der Waals surface area contributed by atoms with E-state index in [1.54, 1.807) is 0 Å². The molecule has 1 heterocycles. The van der Waals surface area contributed by atoms with Crippen molar-refractivity contribution < 1.29 is 0 Å². The van der Waals surface area contributed by atoms with Crippen LogP contribution in [0.3, 0.4) is 0 Å². The first-order valence-electron chi connectivity index (χ1n) is 4.34. The van der Waals surface area contributed by atoms with Crippen LogP contribution in [-0.2, 0) is 0 Å². The Kier molecular flexibility index (Phi) is 3.29. The molecule has 3 heteroatoms. The van der Waals surface area contributed by atoms with Gasteiger partial charge in [-0.2, -0.15) is 0 Å². The molecule has 0 spiro atoms. The van der Waals surface area contributed by atoms with E-state index in [9.17, 15) is 0 Å². The molecular formula is C9H23N3. The smallest absolute Gasteiger partial charge is 0.0326 e. The van der Waals surface area contributed by atoms with Crippen molar-refractivity contribution in [2.75, 3.05) is 20.1 Å². The molecule has 1 saturated heterocycles. The van der Waals surface area contributed by atoms with E-state index in [1.807, 2.05) is 0 Å². The maximum Gasteiger partial charge on any atom is 0.0326 e. The summed E-state index contributed by atoms with van der Waals surface area (Å²) in [5, 5.41) is 3.54. The highest BCUT2D eigenvalue weighted by molar-refractivity contribution is 5.03. The Morgan fingerprint density at radius 3 is 2.00 bits per heavy atom. The standard InChI is InChI=1S/C9H20N2.H3N/c1-8(2)9(3,4)11(5)7-6-10-8;/h10H,6-7H2,1-5H3;1H3. The highest BCUT2D eigenvalue weighted by atomic mass is 15.3. The molecule has 0 saturated carbocycles. The summed E-state index contributed by atoms with van der Waals surface area (Å²) in [4.78, 5) is 2.42. The van der Waals surface area contributed by atoms with E-state index in [-0.39, 0.29) is 17.2 Å². The van der Waals surface area contributed by atoms with Gasteiger partial charge in [0.05, 0.1) is 0 Å². The van der Waals surface area contributed by atoms with Gasteiger partial charge in [0.1, 0.15) is 0 Å². The molecule has 0 aliphatic carbocycles. The zero-order valence-electron chi connectivity index (χ0n) is 9.07. The van der Waals surface area contributed by atoms with Crippen LogP contribution >= 0.6 is 0 Å². The lowest BCUT2D eigenvalue weighted by molar-refractivity contribution is 0.0273. The molecule has 0 aromatic heterocycles. The molecule has 12 heavy (non-hydrogen) atoms. The van der Waals surface area contributed by atoms with E-state index < -0.39 is 0 Å². The van der Waals surface area contributed by atoms with Crippen LogP contribution in [-0.4, -0.2) is 36.1 Å². The van der Waals surface area contributed by atoms with Gasteiger partial charge in [0.25, 0.3) is 0 Å². The van der Waals surface area contributed by atoms with Gasteiger partial charge in [0.15, 0.2) is 0 Å². The molecular weight excluding hydrogens is 150 g/mol. The van der Waals surface area contributed by atoms with Crippen LogP contribution in [0.2, 0.25) is 0 Å². The molecule has 0 unspecified atom stereocenters. The summed E-state index contributed by atoms with van der Waals surface area (Å²) in [5.74, 6) is 0. The number of piperazine rings is 1. The summed E-state index contributed by atoms with van der Waals surface area (Å²) in [6, 6.07) is 0. The maximum absolute atomic E-state index is 3.54. The highest BCUT2D eigenvalue weighted by Crippen LogP contribution is 2.28. The summed E-state index contributed by atoms with van der Waals surface area (Å²) in [6.07, 6.45) is 0. The van der Waals surface area contributed by atoms with Crippen LogP contribution in [0.15, 0.2) is 0 Å². The largest absolute Gasteiger partial charge is 0.344 e. The van der Waals surface area contributed by atoms with Crippen LogP contribution in [0, 0.1) is 0 Å². The summed E-state index contributed by atoms with van der Waals surface area (Å²) in [5.41, 5.74) is 0.477. The molecule has 0 amide bonds. The lowest BCUT2D eigenvalue weighted by atomic mass is 9.79. The molecule has 4 N–H and O–H groups in total. The molecule has 74 valence electrons. The lowest BCUT2D eigenvalue weighted by Gasteiger charge is -2.52. The van der Waals surface area contributed by atoms with Crippen LogP contribution in [0.1, 0.15) is 27.7 Å². The van der Waals surface area contributed by atoms with Gasteiger partial charge < -0.3 is 11.5 Å². The normalized spacial score (nSPS) is 27.8. The van der Waals surface area contributed by atoms with Crippen molar-refractivity contribution in [3.8, 4) is 0 Å². The Balaban J connectivity index is 0.00000121. The SMILES string of the molecule is CN1CCNC(C)(C)C1(C)C.N. The molecule has 1 aliphatic heterocycles. The quantitative estimate of drug-likeness (QED) is 0.579. The predicted molar refractivity (Wildman–Crippen MR) is 53.8 cm³/mol. The molecule has 1 aliphatic rings. The minimum atomic E-state index is 0. The molecule has 0 aromatic rings. The van der Waals surface area contributed by atoms with Gasteiger partial charge in [-0.25, -0.2) is 0 Å². The van der Waals surface area contributed by atoms with Gasteiger partial charge in [-0.1, -0.05) is 0 Å². The second-order valence-electron chi connectivity index (χ2n) is 4.53. The van der Waals surface area contributed by atoms with Crippen molar-refractivity contribution >= 4 is 0 Å². The first kappa shape index (κ1) is 11.9. The van der Waals surface area contributed by atoms with Crippen molar-refractivity contribution in [2.45, 2.75) is 38.8 Å². The third kappa shape index (κ3) is 1.63. The van der Waals surface area contributed by atoms with Gasteiger partial charge >= 0.3 is 0 Å². The Bertz CT molecular complexity index is 152. The number of likely N-dealkylation sites (N-methyl/N-ethyl adjacent to an activating group) is 1. The zero-order valence-corrected chi connectivity index (χ0v) is 9.07. The van der Waals surface area contributed by atoms with Crippen LogP contribution in [0.25, 0.3) is 0 Å². The third-order valence-corrected chi connectivity index (χ3v) is 3.50. The molecule has 0 bridgehead atoms. The third-order valence-electron chi connectivity index (χ3n) is 3.50. The van der Waals surface area contributed by atoms with E-state index in [4.69, 9.17) is 0 Å². The molecule has 1 rings (SSSR count). The summed E-state index contributed by atoms with van der Waals surface area (Å²) < 4.78 is 0. The highest BCUT2D eigenvalue weighted by Gasteiger charge is 2.42. The van der Waals surface area contributed by atoms with Crippen molar-refractivity contribution in [3.63, 3.8) is 0 Å². The van der Waals surface area contributed by atoms with Gasteiger partial charge in [0.2, 0.25) is 0 Å². The number of rotatable bonds is 0. The van der Waals surface area contributed by atoms with E-state index >= 15 is 0 Å². The Labute approximate surface area is 76.1 Å². The molecule has 3 nitrogen and oxygen atoms in total. The number of nitrogens with zero attached hydrogens (tertiary/aromatic N) is 1. The summed E-state index contributed by atoms with van der Waals surface area (Å²) in [6.45, 7) is 11.4. The van der Waals surface area contributed by atoms with Crippen molar-refractivity contribution in [1.29, 1.82) is 0 Å². The van der Waals surface area contributed by atoms with Crippen molar-refractivity contribution in [3.05, 3.63) is 0 Å². The number of hydrogen-bond acceptors (Lipinski definition) is 3. The first-order chi connectivity index (χ1) is 4.88. The van der Waals surface area contributed by atoms with Crippen molar-refractivity contribution in [1.82, 2.24) is 16.4 Å². The van der Waals surface area contributed by atoms with Crippen molar-refractivity contribution in [2.24, 2.45) is 0 Å². The summed E-state index contributed by atoms with van der Waals surface area (Å²) >= 11 is 0. The van der Waals surface area contributed by atoms with E-state index in [0.29, 0.717) is 0 Å². The van der Waals surface area contributed by atoms with Gasteiger partial charge in [-0.15, -0.1) is 0 Å². The molecule has 0 radical (unpaired) electrons. The second kappa shape index (κ2) is 3.32. The van der Waals surface area contributed by atoms with E-state index in [1.165, 1.54) is 0 Å². The zero-order chi connectivity index (χ0) is 8.70. The fourth-order valence-electron chi connectivity index (χ4n) is 1.51. The fraction of sp³-hybridized carbons (Fsp3) is 1.00. The van der Waals surface area contributed by atoms with Crippen LogP contribution in [0.5, 0.6) is 0 Å². The average molecular weight is 173 g/mol.